The summed E-state index contributed by atoms with van der Waals surface area (Å²) in [7, 11) is -1.25. The fourth-order valence-corrected chi connectivity index (χ4v) is 4.25. The molecule has 34 heavy (non-hydrogen) atoms. The van der Waals surface area contributed by atoms with Gasteiger partial charge in [0.05, 0.1) is 12.8 Å². The van der Waals surface area contributed by atoms with Crippen molar-refractivity contribution in [3.8, 4) is 5.75 Å². The second-order valence-electron chi connectivity index (χ2n) is 9.38. The van der Waals surface area contributed by atoms with Crippen LogP contribution in [0.25, 0.3) is 0 Å². The number of ether oxygens (including phenoxy) is 2. The van der Waals surface area contributed by atoms with Crippen molar-refractivity contribution in [3.05, 3.63) is 93.9 Å². The quantitative estimate of drug-likeness (QED) is 0.244. The molecule has 0 saturated heterocycles. The topological polar surface area (TPSA) is 90.7 Å². The van der Waals surface area contributed by atoms with E-state index >= 15 is 0 Å². The molecule has 180 valence electrons. The van der Waals surface area contributed by atoms with E-state index in [1.165, 1.54) is 4.68 Å². The Kier molecular flexibility index (Phi) is 8.78. The lowest BCUT2D eigenvalue weighted by Crippen LogP contribution is -2.25. The highest BCUT2D eigenvalue weighted by Crippen LogP contribution is 2.27. The third kappa shape index (κ3) is 7.39. The van der Waals surface area contributed by atoms with Crippen LogP contribution in [0.4, 0.5) is 0 Å². The van der Waals surface area contributed by atoms with E-state index in [-0.39, 0.29) is 19.3 Å². The van der Waals surface area contributed by atoms with Crippen molar-refractivity contribution in [1.82, 2.24) is 9.78 Å². The van der Waals surface area contributed by atoms with Crippen LogP contribution in [0.5, 0.6) is 5.75 Å². The van der Waals surface area contributed by atoms with E-state index < -0.39 is 30.9 Å². The van der Waals surface area contributed by atoms with Crippen LogP contribution in [-0.2, 0) is 16.2 Å². The van der Waals surface area contributed by atoms with Crippen LogP contribution in [0.1, 0.15) is 34.0 Å². The smallest absolute Gasteiger partial charge is 0.363 e. The molecular weight excluding hydrogens is 448 g/mol. The molecule has 0 aliphatic rings. The van der Waals surface area contributed by atoms with Crippen LogP contribution < -0.4 is 5.43 Å². The van der Waals surface area contributed by atoms with E-state index in [2.05, 4.69) is 24.7 Å². The fourth-order valence-electron chi connectivity index (χ4n) is 3.49. The maximum absolute atomic E-state index is 12.6. The molecule has 3 aromatic rings. The molecule has 2 aromatic carbocycles. The molecule has 0 atom stereocenters. The van der Waals surface area contributed by atoms with Gasteiger partial charge in [-0.25, -0.2) is 9.48 Å². The van der Waals surface area contributed by atoms with Crippen LogP contribution in [0, 0.1) is 0 Å². The molecule has 0 fully saturated rings. The minimum Gasteiger partial charge on any atom is -0.503 e. The molecule has 0 aliphatic carbocycles. The van der Waals surface area contributed by atoms with Crippen molar-refractivity contribution in [3.63, 3.8) is 0 Å². The van der Waals surface area contributed by atoms with Gasteiger partial charge >= 0.3 is 5.97 Å². The van der Waals surface area contributed by atoms with Gasteiger partial charge in [0.15, 0.2) is 5.75 Å². The summed E-state index contributed by atoms with van der Waals surface area (Å²) >= 11 is 0. The van der Waals surface area contributed by atoms with Crippen molar-refractivity contribution in [2.24, 2.45) is 0 Å². The van der Waals surface area contributed by atoms with Crippen molar-refractivity contribution in [2.75, 3.05) is 13.2 Å². The highest BCUT2D eigenvalue weighted by molar-refractivity contribution is 6.76. The highest BCUT2D eigenvalue weighted by Gasteiger charge is 2.20. The van der Waals surface area contributed by atoms with E-state index in [1.54, 1.807) is 0 Å². The summed E-state index contributed by atoms with van der Waals surface area (Å²) in [5.41, 5.74) is 0.909. The van der Waals surface area contributed by atoms with Gasteiger partial charge in [-0.15, -0.1) is 0 Å². The van der Waals surface area contributed by atoms with E-state index in [1.807, 2.05) is 60.7 Å². The van der Waals surface area contributed by atoms with Crippen LogP contribution in [-0.4, -0.2) is 42.1 Å². The SMILES string of the molecule is C[Si](C)(C)CCOCn1cc(O)c(=O)c(C(=O)OCCC(c2ccccc2)c2ccccc2)n1. The Labute approximate surface area is 201 Å². The van der Waals surface area contributed by atoms with E-state index in [0.717, 1.165) is 23.4 Å². The predicted octanol–water partition coefficient (Wildman–Crippen LogP) is 4.64. The van der Waals surface area contributed by atoms with Gasteiger partial charge in [-0.05, 0) is 23.6 Å². The number of aromatic nitrogens is 2. The lowest BCUT2D eigenvalue weighted by atomic mass is 9.89. The monoisotopic (exact) mass is 480 g/mol. The van der Waals surface area contributed by atoms with Gasteiger partial charge in [0, 0.05) is 20.6 Å². The second kappa shape index (κ2) is 11.8. The summed E-state index contributed by atoms with van der Waals surface area (Å²) in [6.07, 6.45) is 1.70. The summed E-state index contributed by atoms with van der Waals surface area (Å²) in [6, 6.07) is 20.9. The molecule has 0 unspecified atom stereocenters. The second-order valence-corrected chi connectivity index (χ2v) is 15.0. The van der Waals surface area contributed by atoms with Crippen LogP contribution >= 0.6 is 0 Å². The van der Waals surface area contributed by atoms with Gasteiger partial charge in [0.1, 0.15) is 6.73 Å². The number of carbonyl (C=O) groups is 1. The Balaban J connectivity index is 1.65. The molecule has 0 saturated carbocycles. The Morgan fingerprint density at radius 2 is 1.59 bits per heavy atom. The predicted molar refractivity (Wildman–Crippen MR) is 134 cm³/mol. The minimum atomic E-state index is -1.25. The minimum absolute atomic E-state index is 0.0304. The lowest BCUT2D eigenvalue weighted by molar-refractivity contribution is 0.0470. The Morgan fingerprint density at radius 1 is 1.00 bits per heavy atom. The van der Waals surface area contributed by atoms with Crippen molar-refractivity contribution < 1.29 is 19.4 Å². The van der Waals surface area contributed by atoms with Gasteiger partial charge in [0.2, 0.25) is 5.69 Å². The summed E-state index contributed by atoms with van der Waals surface area (Å²) in [4.78, 5) is 24.9. The van der Waals surface area contributed by atoms with Crippen molar-refractivity contribution in [2.45, 2.75) is 44.8 Å². The third-order valence-corrected chi connectivity index (χ3v) is 7.11. The molecule has 0 bridgehead atoms. The summed E-state index contributed by atoms with van der Waals surface area (Å²) in [5, 5.41) is 14.0. The number of hydrogen-bond donors (Lipinski definition) is 1. The normalized spacial score (nSPS) is 11.5. The Hall–Kier alpha value is -3.23. The molecule has 3 rings (SSSR count). The molecule has 1 N–H and O–H groups in total. The summed E-state index contributed by atoms with van der Waals surface area (Å²) < 4.78 is 12.3. The first-order valence-electron chi connectivity index (χ1n) is 11.4. The molecule has 8 heteroatoms. The van der Waals surface area contributed by atoms with Crippen LogP contribution in [0.15, 0.2) is 71.7 Å². The molecular formula is C26H32N2O5Si. The van der Waals surface area contributed by atoms with Gasteiger partial charge in [0.25, 0.3) is 5.43 Å². The molecule has 0 radical (unpaired) electrons. The zero-order chi connectivity index (χ0) is 24.6. The molecule has 0 spiro atoms. The zero-order valence-corrected chi connectivity index (χ0v) is 20.9. The summed E-state index contributed by atoms with van der Waals surface area (Å²) in [6.45, 7) is 7.40. The molecule has 0 amide bonds. The van der Waals surface area contributed by atoms with Crippen LogP contribution in [0.3, 0.4) is 0 Å². The van der Waals surface area contributed by atoms with Gasteiger partial charge in [-0.2, -0.15) is 5.10 Å². The average molecular weight is 481 g/mol. The standard InChI is InChI=1S/C26H32N2O5Si/c1-34(2,3)17-16-32-19-28-18-23(29)25(30)24(27-28)26(31)33-15-14-22(20-10-6-4-7-11-20)21-12-8-5-9-13-21/h4-13,18,22,29H,14-17,19H2,1-3H3. The van der Waals surface area contributed by atoms with Gasteiger partial charge in [-0.1, -0.05) is 80.3 Å². The highest BCUT2D eigenvalue weighted by atomic mass is 28.3. The maximum atomic E-state index is 12.6. The number of rotatable bonds is 11. The molecule has 7 nitrogen and oxygen atoms in total. The zero-order valence-electron chi connectivity index (χ0n) is 19.9. The number of nitrogens with zero attached hydrogens (tertiary/aromatic N) is 2. The van der Waals surface area contributed by atoms with Crippen molar-refractivity contribution >= 4 is 14.0 Å². The third-order valence-electron chi connectivity index (χ3n) is 5.40. The lowest BCUT2D eigenvalue weighted by Gasteiger charge is -2.18. The first kappa shape index (κ1) is 25.4. The average Bonchev–Trinajstić information content (AvgIpc) is 2.82. The van der Waals surface area contributed by atoms with Gasteiger partial charge in [-0.3, -0.25) is 4.79 Å². The number of carbonyl (C=O) groups excluding carboxylic acids is 1. The Morgan fingerprint density at radius 3 is 2.15 bits per heavy atom. The first-order chi connectivity index (χ1) is 16.2. The molecule has 0 aliphatic heterocycles. The molecule has 1 aromatic heterocycles. The number of benzene rings is 2. The number of esters is 1. The van der Waals surface area contributed by atoms with Crippen LogP contribution in [0.2, 0.25) is 25.7 Å². The number of aromatic hydroxyl groups is 1. The van der Waals surface area contributed by atoms with Crippen molar-refractivity contribution in [1.29, 1.82) is 0 Å². The number of hydrogen-bond acceptors (Lipinski definition) is 6. The first-order valence-corrected chi connectivity index (χ1v) is 15.1. The fraction of sp³-hybridized carbons (Fsp3) is 0.346. The Bertz CT molecular complexity index is 1090. The van der Waals surface area contributed by atoms with E-state index in [0.29, 0.717) is 13.0 Å². The molecule has 1 heterocycles. The van der Waals surface area contributed by atoms with E-state index in [9.17, 15) is 14.7 Å². The largest absolute Gasteiger partial charge is 0.503 e. The van der Waals surface area contributed by atoms with Gasteiger partial charge < -0.3 is 14.6 Å². The maximum Gasteiger partial charge on any atom is 0.363 e. The summed E-state index contributed by atoms with van der Waals surface area (Å²) in [5.74, 6) is -1.40. The van der Waals surface area contributed by atoms with E-state index in [4.69, 9.17) is 9.47 Å².